The van der Waals surface area contributed by atoms with Crippen molar-refractivity contribution in [3.8, 4) is 0 Å². The van der Waals surface area contributed by atoms with E-state index in [1.165, 1.54) is 0 Å². The first-order valence-electron chi connectivity index (χ1n) is 5.48. The van der Waals surface area contributed by atoms with Gasteiger partial charge in [0.2, 0.25) is 0 Å². The van der Waals surface area contributed by atoms with Gasteiger partial charge in [0, 0.05) is 25.3 Å². The zero-order valence-corrected chi connectivity index (χ0v) is 9.98. The van der Waals surface area contributed by atoms with Gasteiger partial charge in [-0.3, -0.25) is 0 Å². The molecule has 0 radical (unpaired) electrons. The van der Waals surface area contributed by atoms with Gasteiger partial charge in [-0.05, 0) is 31.8 Å². The Labute approximate surface area is 97.1 Å². The molecule has 0 aliphatic carbocycles. The number of nitrogen functional groups attached to an aromatic ring is 1. The van der Waals surface area contributed by atoms with Crippen LogP contribution in [0.1, 0.15) is 11.7 Å². The first-order chi connectivity index (χ1) is 7.59. The lowest BCUT2D eigenvalue weighted by Crippen LogP contribution is -2.29. The topological polar surface area (TPSA) is 61.5 Å². The van der Waals surface area contributed by atoms with Crippen molar-refractivity contribution in [3.63, 3.8) is 0 Å². The summed E-state index contributed by atoms with van der Waals surface area (Å²) in [5, 5.41) is 13.1. The Bertz CT molecular complexity index is 315. The Balaban J connectivity index is 2.32. The summed E-state index contributed by atoms with van der Waals surface area (Å²) in [5.74, 6) is 0. The Morgan fingerprint density at radius 1 is 1.44 bits per heavy atom. The van der Waals surface area contributed by atoms with E-state index in [9.17, 15) is 5.11 Å². The van der Waals surface area contributed by atoms with Crippen molar-refractivity contribution in [1.29, 1.82) is 0 Å². The molecule has 4 heteroatoms. The number of anilines is 1. The van der Waals surface area contributed by atoms with Gasteiger partial charge in [-0.1, -0.05) is 12.1 Å². The molecule has 16 heavy (non-hydrogen) atoms. The average Bonchev–Trinajstić information content (AvgIpc) is 2.24. The number of aliphatic hydroxyl groups excluding tert-OH is 1. The minimum absolute atomic E-state index is 0.495. The van der Waals surface area contributed by atoms with Crippen LogP contribution in [0.5, 0.6) is 0 Å². The maximum atomic E-state index is 9.88. The lowest BCUT2D eigenvalue weighted by Gasteiger charge is -2.14. The molecule has 0 saturated carbocycles. The van der Waals surface area contributed by atoms with Gasteiger partial charge in [0.1, 0.15) is 0 Å². The molecule has 0 bridgehead atoms. The SMILES string of the molecule is CN(C)CCNCC(O)c1cccc(N)c1. The lowest BCUT2D eigenvalue weighted by atomic mass is 10.1. The fourth-order valence-corrected chi connectivity index (χ4v) is 1.43. The van der Waals surface area contributed by atoms with Crippen LogP contribution in [0.3, 0.4) is 0 Å². The van der Waals surface area contributed by atoms with E-state index in [1.54, 1.807) is 6.07 Å². The number of nitrogens with one attached hydrogen (secondary N) is 1. The molecule has 90 valence electrons. The number of likely N-dealkylation sites (N-methyl/N-ethyl adjacent to an activating group) is 1. The van der Waals surface area contributed by atoms with Crippen molar-refractivity contribution in [1.82, 2.24) is 10.2 Å². The highest BCUT2D eigenvalue weighted by molar-refractivity contribution is 5.41. The molecule has 0 heterocycles. The van der Waals surface area contributed by atoms with Gasteiger partial charge >= 0.3 is 0 Å². The Morgan fingerprint density at radius 2 is 2.19 bits per heavy atom. The zero-order chi connectivity index (χ0) is 12.0. The van der Waals surface area contributed by atoms with Crippen LogP contribution in [0.15, 0.2) is 24.3 Å². The Hall–Kier alpha value is -1.10. The highest BCUT2D eigenvalue weighted by atomic mass is 16.3. The van der Waals surface area contributed by atoms with E-state index < -0.39 is 6.10 Å². The molecule has 1 aromatic rings. The van der Waals surface area contributed by atoms with Crippen LogP contribution in [-0.4, -0.2) is 43.7 Å². The largest absolute Gasteiger partial charge is 0.399 e. The molecule has 0 fully saturated rings. The number of rotatable bonds is 6. The monoisotopic (exact) mass is 223 g/mol. The molecule has 1 rings (SSSR count). The molecule has 1 unspecified atom stereocenters. The summed E-state index contributed by atoms with van der Waals surface area (Å²) in [5.41, 5.74) is 7.20. The van der Waals surface area contributed by atoms with Gasteiger partial charge in [0.25, 0.3) is 0 Å². The number of nitrogens with zero attached hydrogens (tertiary/aromatic N) is 1. The number of benzene rings is 1. The van der Waals surface area contributed by atoms with Crippen LogP contribution in [0.4, 0.5) is 5.69 Å². The van der Waals surface area contributed by atoms with Crippen LogP contribution in [-0.2, 0) is 0 Å². The normalized spacial score (nSPS) is 13.0. The summed E-state index contributed by atoms with van der Waals surface area (Å²) in [6, 6.07) is 7.36. The van der Waals surface area contributed by atoms with E-state index in [4.69, 9.17) is 5.73 Å². The van der Waals surface area contributed by atoms with E-state index in [0.717, 1.165) is 18.7 Å². The molecule has 0 aliphatic heterocycles. The summed E-state index contributed by atoms with van der Waals surface area (Å²) < 4.78 is 0. The van der Waals surface area contributed by atoms with E-state index >= 15 is 0 Å². The first-order valence-corrected chi connectivity index (χ1v) is 5.48. The smallest absolute Gasteiger partial charge is 0.0915 e. The first kappa shape index (κ1) is 13.0. The molecular formula is C12H21N3O. The standard InChI is InChI=1S/C12H21N3O/c1-15(2)7-6-14-9-12(16)10-4-3-5-11(13)8-10/h3-5,8,12,14,16H,6-7,9,13H2,1-2H3. The molecule has 0 saturated heterocycles. The van der Waals surface area contributed by atoms with Gasteiger partial charge in [0.15, 0.2) is 0 Å². The van der Waals surface area contributed by atoms with Crippen molar-refractivity contribution in [2.45, 2.75) is 6.10 Å². The predicted molar refractivity (Wildman–Crippen MR) is 67.2 cm³/mol. The van der Waals surface area contributed by atoms with Gasteiger partial charge in [0.05, 0.1) is 6.10 Å². The molecule has 0 spiro atoms. The number of aliphatic hydroxyl groups is 1. The van der Waals surface area contributed by atoms with Crippen molar-refractivity contribution in [2.75, 3.05) is 39.5 Å². The second kappa shape index (κ2) is 6.48. The molecule has 4 nitrogen and oxygen atoms in total. The van der Waals surface area contributed by atoms with Crippen LogP contribution in [0.25, 0.3) is 0 Å². The third kappa shape index (κ3) is 4.61. The van der Waals surface area contributed by atoms with E-state index in [1.807, 2.05) is 32.3 Å². The summed E-state index contributed by atoms with van der Waals surface area (Å²) >= 11 is 0. The zero-order valence-electron chi connectivity index (χ0n) is 9.98. The summed E-state index contributed by atoms with van der Waals surface area (Å²) in [4.78, 5) is 2.10. The Kier molecular flexibility index (Phi) is 5.25. The molecule has 0 amide bonds. The summed E-state index contributed by atoms with van der Waals surface area (Å²) in [6.07, 6.45) is -0.495. The summed E-state index contributed by atoms with van der Waals surface area (Å²) in [7, 11) is 4.05. The third-order valence-electron chi connectivity index (χ3n) is 2.37. The van der Waals surface area contributed by atoms with E-state index in [0.29, 0.717) is 12.2 Å². The van der Waals surface area contributed by atoms with Crippen molar-refractivity contribution in [2.24, 2.45) is 0 Å². The fraction of sp³-hybridized carbons (Fsp3) is 0.500. The third-order valence-corrected chi connectivity index (χ3v) is 2.37. The van der Waals surface area contributed by atoms with Gasteiger partial charge in [-0.2, -0.15) is 0 Å². The van der Waals surface area contributed by atoms with Crippen molar-refractivity contribution < 1.29 is 5.11 Å². The molecule has 4 N–H and O–H groups in total. The van der Waals surface area contributed by atoms with Crippen LogP contribution in [0, 0.1) is 0 Å². The summed E-state index contributed by atoms with van der Waals surface area (Å²) in [6.45, 7) is 2.38. The second-order valence-electron chi connectivity index (χ2n) is 4.19. The van der Waals surface area contributed by atoms with E-state index in [-0.39, 0.29) is 0 Å². The van der Waals surface area contributed by atoms with Gasteiger partial charge in [-0.25, -0.2) is 0 Å². The van der Waals surface area contributed by atoms with Gasteiger partial charge in [-0.15, -0.1) is 0 Å². The van der Waals surface area contributed by atoms with E-state index in [2.05, 4.69) is 10.2 Å². The lowest BCUT2D eigenvalue weighted by molar-refractivity contribution is 0.174. The van der Waals surface area contributed by atoms with Crippen LogP contribution < -0.4 is 11.1 Å². The molecule has 1 atom stereocenters. The van der Waals surface area contributed by atoms with Crippen molar-refractivity contribution in [3.05, 3.63) is 29.8 Å². The molecule has 0 aliphatic rings. The number of hydrogen-bond donors (Lipinski definition) is 3. The van der Waals surface area contributed by atoms with Crippen LogP contribution in [0.2, 0.25) is 0 Å². The maximum absolute atomic E-state index is 9.88. The number of hydrogen-bond acceptors (Lipinski definition) is 4. The molecule has 0 aromatic heterocycles. The molecule has 1 aromatic carbocycles. The number of nitrogens with two attached hydrogens (primary N) is 1. The fourth-order valence-electron chi connectivity index (χ4n) is 1.43. The van der Waals surface area contributed by atoms with Crippen molar-refractivity contribution >= 4 is 5.69 Å². The maximum Gasteiger partial charge on any atom is 0.0915 e. The quantitative estimate of drug-likeness (QED) is 0.484. The minimum atomic E-state index is -0.495. The Morgan fingerprint density at radius 3 is 2.81 bits per heavy atom. The highest BCUT2D eigenvalue weighted by Gasteiger charge is 2.06. The minimum Gasteiger partial charge on any atom is -0.399 e. The predicted octanol–water partition coefficient (Wildman–Crippen LogP) is 0.453. The second-order valence-corrected chi connectivity index (χ2v) is 4.19. The molecular weight excluding hydrogens is 202 g/mol. The average molecular weight is 223 g/mol. The van der Waals surface area contributed by atoms with Gasteiger partial charge < -0.3 is 21.1 Å². The highest BCUT2D eigenvalue weighted by Crippen LogP contribution is 2.14. The van der Waals surface area contributed by atoms with Crippen LogP contribution >= 0.6 is 0 Å².